The number of hydrogen-bond acceptors (Lipinski definition) is 3. The predicted octanol–water partition coefficient (Wildman–Crippen LogP) is 3.95. The van der Waals surface area contributed by atoms with E-state index >= 15 is 0 Å². The first-order chi connectivity index (χ1) is 9.66. The summed E-state index contributed by atoms with van der Waals surface area (Å²) in [6.07, 6.45) is 0. The fourth-order valence-corrected chi connectivity index (χ4v) is 3.54. The fraction of sp³-hybridized carbons (Fsp3) is 0.200. The number of fused-ring (bicyclic) bond motifs is 1. The van der Waals surface area contributed by atoms with Gasteiger partial charge in [-0.25, -0.2) is 0 Å². The fourth-order valence-electron chi connectivity index (χ4n) is 2.71. The van der Waals surface area contributed by atoms with Crippen molar-refractivity contribution in [2.24, 2.45) is 0 Å². The van der Waals surface area contributed by atoms with E-state index in [1.165, 1.54) is 0 Å². The van der Waals surface area contributed by atoms with Gasteiger partial charge >= 0.3 is 0 Å². The molecule has 4 nitrogen and oxygen atoms in total. The molecule has 1 atom stereocenters. The van der Waals surface area contributed by atoms with Gasteiger partial charge in [-0.3, -0.25) is 10.1 Å². The van der Waals surface area contributed by atoms with Crippen LogP contribution < -0.4 is 0 Å². The van der Waals surface area contributed by atoms with E-state index in [4.69, 9.17) is 0 Å². The molecule has 0 unspecified atom stereocenters. The number of para-hydroxylation sites is 1. The number of H-pyrrole nitrogens is 1. The predicted molar refractivity (Wildman–Crippen MR) is 81.1 cm³/mol. The maximum Gasteiger partial charge on any atom is 0.215 e. The van der Waals surface area contributed by atoms with Crippen molar-refractivity contribution >= 4 is 22.2 Å². The van der Waals surface area contributed by atoms with Gasteiger partial charge in [-0.05, 0) is 30.0 Å². The lowest BCUT2D eigenvalue weighted by Crippen LogP contribution is -2.13. The Balaban J connectivity index is 2.18. The van der Waals surface area contributed by atoms with Crippen molar-refractivity contribution in [2.75, 3.05) is 6.54 Å². The molecule has 0 fully saturated rings. The SMILES string of the molecule is Cc1[nH]c2ccccc2c1[C@H](C[N+](=O)[O-])c1cccs1. The molecule has 0 bridgehead atoms. The Hall–Kier alpha value is -2.14. The van der Waals surface area contributed by atoms with Crippen molar-refractivity contribution < 1.29 is 4.92 Å². The van der Waals surface area contributed by atoms with Crippen LogP contribution in [0.1, 0.15) is 22.1 Å². The van der Waals surface area contributed by atoms with Gasteiger partial charge in [-0.15, -0.1) is 11.3 Å². The molecule has 2 heterocycles. The quantitative estimate of drug-likeness (QED) is 0.583. The van der Waals surface area contributed by atoms with Crippen molar-refractivity contribution in [1.29, 1.82) is 0 Å². The van der Waals surface area contributed by atoms with Gasteiger partial charge in [0.25, 0.3) is 0 Å². The molecule has 0 amide bonds. The molecule has 2 aromatic heterocycles. The molecule has 20 heavy (non-hydrogen) atoms. The smallest absolute Gasteiger partial charge is 0.215 e. The van der Waals surface area contributed by atoms with Gasteiger partial charge in [0.15, 0.2) is 0 Å². The van der Waals surface area contributed by atoms with E-state index in [-0.39, 0.29) is 17.4 Å². The van der Waals surface area contributed by atoms with E-state index in [1.54, 1.807) is 11.3 Å². The van der Waals surface area contributed by atoms with E-state index in [0.29, 0.717) is 0 Å². The Morgan fingerprint density at radius 2 is 2.10 bits per heavy atom. The third-order valence-corrected chi connectivity index (χ3v) is 4.50. The minimum Gasteiger partial charge on any atom is -0.358 e. The molecule has 0 saturated carbocycles. The molecule has 0 aliphatic rings. The van der Waals surface area contributed by atoms with Crippen molar-refractivity contribution in [2.45, 2.75) is 12.8 Å². The number of aromatic nitrogens is 1. The van der Waals surface area contributed by atoms with Crippen molar-refractivity contribution in [1.82, 2.24) is 4.98 Å². The number of nitrogens with one attached hydrogen (secondary N) is 1. The highest BCUT2D eigenvalue weighted by atomic mass is 32.1. The number of thiophene rings is 1. The molecule has 0 radical (unpaired) electrons. The molecule has 1 aromatic carbocycles. The van der Waals surface area contributed by atoms with Gasteiger partial charge in [0, 0.05) is 26.4 Å². The summed E-state index contributed by atoms with van der Waals surface area (Å²) < 4.78 is 0. The Morgan fingerprint density at radius 3 is 2.80 bits per heavy atom. The Morgan fingerprint density at radius 1 is 1.30 bits per heavy atom. The van der Waals surface area contributed by atoms with E-state index in [2.05, 4.69) is 4.98 Å². The summed E-state index contributed by atoms with van der Waals surface area (Å²) in [6, 6.07) is 11.9. The minimum atomic E-state index is -0.231. The normalized spacial score (nSPS) is 12.7. The molecule has 1 N–H and O–H groups in total. The summed E-state index contributed by atoms with van der Waals surface area (Å²) >= 11 is 1.57. The molecule has 0 aliphatic heterocycles. The van der Waals surface area contributed by atoms with Crippen LogP contribution in [0.15, 0.2) is 41.8 Å². The first-order valence-corrected chi connectivity index (χ1v) is 7.27. The van der Waals surface area contributed by atoms with Crippen molar-refractivity contribution in [3.63, 3.8) is 0 Å². The number of aromatic amines is 1. The highest BCUT2D eigenvalue weighted by molar-refractivity contribution is 7.10. The highest BCUT2D eigenvalue weighted by Gasteiger charge is 2.26. The Bertz CT molecular complexity index is 746. The van der Waals surface area contributed by atoms with Crippen LogP contribution in [0.2, 0.25) is 0 Å². The van der Waals surface area contributed by atoms with E-state index in [0.717, 1.165) is 27.0 Å². The van der Waals surface area contributed by atoms with Crippen LogP contribution in [0.3, 0.4) is 0 Å². The number of aryl methyl sites for hydroxylation is 1. The third-order valence-electron chi connectivity index (χ3n) is 3.51. The zero-order valence-corrected chi connectivity index (χ0v) is 11.8. The van der Waals surface area contributed by atoms with Crippen molar-refractivity contribution in [3.05, 3.63) is 68.0 Å². The molecule has 5 heteroatoms. The van der Waals surface area contributed by atoms with Crippen LogP contribution in [-0.2, 0) is 0 Å². The van der Waals surface area contributed by atoms with Crippen molar-refractivity contribution in [3.8, 4) is 0 Å². The average molecular weight is 286 g/mol. The second-order valence-electron chi connectivity index (χ2n) is 4.79. The Kier molecular flexibility index (Phi) is 3.28. The van der Waals surface area contributed by atoms with E-state index < -0.39 is 0 Å². The summed E-state index contributed by atoms with van der Waals surface area (Å²) in [5, 5.41) is 14.1. The lowest BCUT2D eigenvalue weighted by molar-refractivity contribution is -0.481. The van der Waals surface area contributed by atoms with Crippen LogP contribution in [0, 0.1) is 17.0 Å². The number of benzene rings is 1. The summed E-state index contributed by atoms with van der Waals surface area (Å²) in [7, 11) is 0. The van der Waals surface area contributed by atoms with Crippen LogP contribution in [-0.4, -0.2) is 16.5 Å². The molecule has 0 spiro atoms. The van der Waals surface area contributed by atoms with E-state index in [9.17, 15) is 10.1 Å². The number of rotatable bonds is 4. The third kappa shape index (κ3) is 2.20. The molecule has 102 valence electrons. The van der Waals surface area contributed by atoms with Gasteiger partial charge in [0.05, 0.1) is 5.92 Å². The molecule has 0 saturated heterocycles. The van der Waals surface area contributed by atoms with Gasteiger partial charge in [-0.1, -0.05) is 24.3 Å². The zero-order valence-electron chi connectivity index (χ0n) is 11.0. The molecular weight excluding hydrogens is 272 g/mol. The summed E-state index contributed by atoms with van der Waals surface area (Å²) in [4.78, 5) is 15.2. The van der Waals surface area contributed by atoms with Gasteiger partial charge < -0.3 is 4.98 Å². The minimum absolute atomic E-state index is 0.0802. The average Bonchev–Trinajstić information content (AvgIpc) is 3.02. The number of hydrogen-bond donors (Lipinski definition) is 1. The van der Waals surface area contributed by atoms with Gasteiger partial charge in [0.2, 0.25) is 6.54 Å². The zero-order chi connectivity index (χ0) is 14.1. The maximum absolute atomic E-state index is 11.0. The largest absolute Gasteiger partial charge is 0.358 e. The van der Waals surface area contributed by atoms with Gasteiger partial charge in [0.1, 0.15) is 0 Å². The monoisotopic (exact) mass is 286 g/mol. The summed E-state index contributed by atoms with van der Waals surface area (Å²) in [6.45, 7) is 1.90. The van der Waals surface area contributed by atoms with Crippen LogP contribution >= 0.6 is 11.3 Å². The first-order valence-electron chi connectivity index (χ1n) is 6.39. The standard InChI is InChI=1S/C15H14N2O2S/c1-10-15(11-5-2-3-6-13(11)16-10)12(9-17(18)19)14-7-4-8-20-14/h2-8,12,16H,9H2,1H3/t12-/m1/s1. The lowest BCUT2D eigenvalue weighted by Gasteiger charge is -2.12. The summed E-state index contributed by atoms with van der Waals surface area (Å²) in [5.74, 6) is -0.193. The first kappa shape index (κ1) is 12.9. The molecule has 0 aliphatic carbocycles. The maximum atomic E-state index is 11.0. The molecule has 3 aromatic rings. The van der Waals surface area contributed by atoms with Gasteiger partial charge in [-0.2, -0.15) is 0 Å². The molecule has 3 rings (SSSR count). The lowest BCUT2D eigenvalue weighted by atomic mass is 9.94. The topological polar surface area (TPSA) is 58.9 Å². The number of nitro groups is 1. The van der Waals surface area contributed by atoms with E-state index in [1.807, 2.05) is 48.7 Å². The second-order valence-corrected chi connectivity index (χ2v) is 5.77. The highest BCUT2D eigenvalue weighted by Crippen LogP contribution is 2.35. The van der Waals surface area contributed by atoms with Crippen LogP contribution in [0.4, 0.5) is 0 Å². The summed E-state index contributed by atoms with van der Waals surface area (Å²) in [5.41, 5.74) is 3.08. The molecular formula is C15H14N2O2S. The Labute approximate surface area is 120 Å². The van der Waals surface area contributed by atoms with Crippen LogP contribution in [0.5, 0.6) is 0 Å². The second kappa shape index (κ2) is 5.09. The number of nitrogens with zero attached hydrogens (tertiary/aromatic N) is 1. The van der Waals surface area contributed by atoms with Crippen LogP contribution in [0.25, 0.3) is 10.9 Å².